The number of rotatable bonds is 3. The molecule has 2 fully saturated rings. The third-order valence-electron chi connectivity index (χ3n) is 4.07. The average Bonchev–Trinajstić information content (AvgIpc) is 2.52. The highest BCUT2D eigenvalue weighted by Gasteiger charge is 2.28. The molecule has 0 spiro atoms. The number of benzene rings is 1. The molecule has 2 aliphatic rings. The van der Waals surface area contributed by atoms with Crippen LogP contribution >= 0.6 is 11.6 Å². The first kappa shape index (κ1) is 15.0. The number of hydrogen-bond acceptors (Lipinski definition) is 3. The topological polar surface area (TPSA) is 38.6 Å². The molecular weight excluding hydrogens is 293 g/mol. The smallest absolute Gasteiger partial charge is 0.141 e. The van der Waals surface area contributed by atoms with Crippen molar-refractivity contribution in [2.24, 2.45) is 0 Å². The third-order valence-corrected chi connectivity index (χ3v) is 4.36. The van der Waals surface area contributed by atoms with Gasteiger partial charge in [-0.2, -0.15) is 0 Å². The number of halogens is 2. The van der Waals surface area contributed by atoms with E-state index in [2.05, 4.69) is 10.2 Å². The van der Waals surface area contributed by atoms with Crippen LogP contribution in [0, 0.1) is 5.82 Å². The van der Waals surface area contributed by atoms with Crippen molar-refractivity contribution in [2.45, 2.75) is 25.0 Å². The third kappa shape index (κ3) is 3.86. The number of nitrogens with one attached hydrogen (secondary N) is 1. The second-order valence-corrected chi connectivity index (χ2v) is 5.94. The Hall–Kier alpha value is -0.880. The van der Waals surface area contributed by atoms with E-state index in [1.807, 2.05) is 0 Å². The molecule has 0 aliphatic carbocycles. The average molecular weight is 313 g/mol. The van der Waals surface area contributed by atoms with Gasteiger partial charge in [-0.1, -0.05) is 11.6 Å². The number of anilines is 1. The van der Waals surface area contributed by atoms with Gasteiger partial charge in [-0.25, -0.2) is 9.71 Å². The molecular formula is C15H20ClFN3O. The molecule has 1 aromatic rings. The molecule has 1 radical (unpaired) electrons. The van der Waals surface area contributed by atoms with Gasteiger partial charge in [0.2, 0.25) is 0 Å². The maximum Gasteiger partial charge on any atom is 0.141 e. The molecule has 1 N–H and O–H groups in total. The van der Waals surface area contributed by atoms with Gasteiger partial charge in [0.15, 0.2) is 0 Å². The maximum atomic E-state index is 13.2. The van der Waals surface area contributed by atoms with E-state index in [0.29, 0.717) is 6.04 Å². The Balaban J connectivity index is 1.59. The van der Waals surface area contributed by atoms with Gasteiger partial charge in [0.05, 0.1) is 24.4 Å². The minimum absolute atomic E-state index is 0.158. The molecule has 0 bridgehead atoms. The Bertz CT molecular complexity index is 482. The molecule has 0 saturated carbocycles. The predicted octanol–water partition coefficient (Wildman–Crippen LogP) is 2.32. The van der Waals surface area contributed by atoms with Crippen LogP contribution in [0.4, 0.5) is 10.1 Å². The first-order chi connectivity index (χ1) is 10.2. The van der Waals surface area contributed by atoms with E-state index >= 15 is 0 Å². The Morgan fingerprint density at radius 2 is 2.14 bits per heavy atom. The normalized spacial score (nSPS) is 27.5. The zero-order chi connectivity index (χ0) is 14.7. The van der Waals surface area contributed by atoms with Gasteiger partial charge in [-0.05, 0) is 31.0 Å². The second kappa shape index (κ2) is 6.92. The highest BCUT2D eigenvalue weighted by atomic mass is 35.5. The molecule has 115 valence electrons. The Labute approximate surface area is 129 Å². The predicted molar refractivity (Wildman–Crippen MR) is 81.2 cm³/mol. The van der Waals surface area contributed by atoms with Gasteiger partial charge >= 0.3 is 0 Å². The standard InChI is InChI=1S/C15H20ClFN3O/c16-13-9-11(1-2-14(13)17)19-12-3-4-18-15(10-12)20-5-7-21-8-6-20/h1-2,9,12,15,19H,3-8,10H2. The molecule has 0 aromatic heterocycles. The van der Waals surface area contributed by atoms with E-state index in [1.54, 1.807) is 12.1 Å². The largest absolute Gasteiger partial charge is 0.382 e. The summed E-state index contributed by atoms with van der Waals surface area (Å²) in [6.07, 6.45) is 2.22. The number of hydrogen-bond donors (Lipinski definition) is 1. The van der Waals surface area contributed by atoms with Crippen molar-refractivity contribution in [1.29, 1.82) is 0 Å². The van der Waals surface area contributed by atoms with Gasteiger partial charge in [0.1, 0.15) is 5.82 Å². The van der Waals surface area contributed by atoms with Crippen LogP contribution in [0.1, 0.15) is 12.8 Å². The summed E-state index contributed by atoms with van der Waals surface area (Å²) < 4.78 is 18.6. The van der Waals surface area contributed by atoms with Gasteiger partial charge in [-0.15, -0.1) is 0 Å². The summed E-state index contributed by atoms with van der Waals surface area (Å²) in [5, 5.41) is 8.33. The van der Waals surface area contributed by atoms with Gasteiger partial charge in [0.25, 0.3) is 0 Å². The minimum atomic E-state index is -0.382. The number of morpholine rings is 1. The van der Waals surface area contributed by atoms with Crippen molar-refractivity contribution in [3.8, 4) is 0 Å². The van der Waals surface area contributed by atoms with E-state index in [9.17, 15) is 4.39 Å². The SMILES string of the molecule is Fc1ccc(NC2CC[N]C(N3CCOCC3)C2)cc1Cl. The highest BCUT2D eigenvalue weighted by Crippen LogP contribution is 2.23. The lowest BCUT2D eigenvalue weighted by molar-refractivity contribution is 0.000219. The molecule has 2 aliphatic heterocycles. The zero-order valence-corrected chi connectivity index (χ0v) is 12.7. The molecule has 21 heavy (non-hydrogen) atoms. The molecule has 4 nitrogen and oxygen atoms in total. The minimum Gasteiger partial charge on any atom is -0.382 e. The highest BCUT2D eigenvalue weighted by molar-refractivity contribution is 6.31. The van der Waals surface area contributed by atoms with Crippen LogP contribution in [0.25, 0.3) is 0 Å². The maximum absolute atomic E-state index is 13.2. The van der Waals surface area contributed by atoms with Crippen molar-refractivity contribution < 1.29 is 9.13 Å². The van der Waals surface area contributed by atoms with Crippen molar-refractivity contribution in [3.63, 3.8) is 0 Å². The lowest BCUT2D eigenvalue weighted by atomic mass is 10.0. The quantitative estimate of drug-likeness (QED) is 0.931. The molecule has 1 aromatic carbocycles. The number of piperidine rings is 1. The molecule has 2 heterocycles. The van der Waals surface area contributed by atoms with Crippen LogP contribution in [0.3, 0.4) is 0 Å². The van der Waals surface area contributed by atoms with E-state index in [1.165, 1.54) is 6.07 Å². The monoisotopic (exact) mass is 312 g/mol. The summed E-state index contributed by atoms with van der Waals surface area (Å²) in [6, 6.07) is 5.12. The first-order valence-electron chi connectivity index (χ1n) is 7.42. The number of nitrogens with zero attached hydrogens (tertiary/aromatic N) is 2. The summed E-state index contributed by atoms with van der Waals surface area (Å²) >= 11 is 5.83. The first-order valence-corrected chi connectivity index (χ1v) is 7.80. The van der Waals surface area contributed by atoms with E-state index in [-0.39, 0.29) is 17.0 Å². The summed E-state index contributed by atoms with van der Waals surface area (Å²) in [5.41, 5.74) is 0.869. The van der Waals surface area contributed by atoms with Gasteiger partial charge < -0.3 is 10.1 Å². The van der Waals surface area contributed by atoms with Crippen LogP contribution in [-0.4, -0.2) is 50.0 Å². The Morgan fingerprint density at radius 3 is 2.90 bits per heavy atom. The fourth-order valence-electron chi connectivity index (χ4n) is 2.92. The van der Waals surface area contributed by atoms with Crippen LogP contribution in [0.5, 0.6) is 0 Å². The fourth-order valence-corrected chi connectivity index (χ4v) is 3.10. The van der Waals surface area contributed by atoms with Gasteiger partial charge in [0, 0.05) is 31.4 Å². The van der Waals surface area contributed by atoms with Crippen molar-refractivity contribution >= 4 is 17.3 Å². The fraction of sp³-hybridized carbons (Fsp3) is 0.600. The van der Waals surface area contributed by atoms with E-state index in [0.717, 1.165) is 51.4 Å². The summed E-state index contributed by atoms with van der Waals surface area (Å²) in [5.74, 6) is -0.382. The lowest BCUT2D eigenvalue weighted by Gasteiger charge is -2.39. The summed E-state index contributed by atoms with van der Waals surface area (Å²) in [6.45, 7) is 4.33. The van der Waals surface area contributed by atoms with Crippen molar-refractivity contribution in [3.05, 3.63) is 29.0 Å². The van der Waals surface area contributed by atoms with Crippen molar-refractivity contribution in [1.82, 2.24) is 10.2 Å². The van der Waals surface area contributed by atoms with Crippen molar-refractivity contribution in [2.75, 3.05) is 38.2 Å². The molecule has 3 rings (SSSR count). The van der Waals surface area contributed by atoms with Crippen LogP contribution in [0.15, 0.2) is 18.2 Å². The van der Waals surface area contributed by atoms with Crippen LogP contribution in [0.2, 0.25) is 5.02 Å². The van der Waals surface area contributed by atoms with Crippen LogP contribution < -0.4 is 10.6 Å². The molecule has 0 amide bonds. The van der Waals surface area contributed by atoms with E-state index in [4.69, 9.17) is 21.7 Å². The summed E-state index contributed by atoms with van der Waals surface area (Å²) in [4.78, 5) is 2.38. The molecule has 2 saturated heterocycles. The number of ether oxygens (including phenoxy) is 1. The Morgan fingerprint density at radius 1 is 1.33 bits per heavy atom. The van der Waals surface area contributed by atoms with Gasteiger partial charge in [-0.3, -0.25) is 4.90 Å². The second-order valence-electron chi connectivity index (χ2n) is 5.53. The molecule has 2 atom stereocenters. The van der Waals surface area contributed by atoms with Crippen LogP contribution in [-0.2, 0) is 4.74 Å². The molecule has 6 heteroatoms. The molecule has 2 unspecified atom stereocenters. The zero-order valence-electron chi connectivity index (χ0n) is 11.9. The lowest BCUT2D eigenvalue weighted by Crippen LogP contribution is -2.52. The van der Waals surface area contributed by atoms with E-state index < -0.39 is 0 Å². The Kier molecular flexibility index (Phi) is 4.95. The summed E-state index contributed by atoms with van der Waals surface area (Å²) in [7, 11) is 0.